The largest absolute Gasteiger partial charge is 0.483 e. The minimum atomic E-state index is -4.41. The lowest BCUT2D eigenvalue weighted by Gasteiger charge is -2.38. The second-order valence-corrected chi connectivity index (χ2v) is 6.06. The summed E-state index contributed by atoms with van der Waals surface area (Å²) < 4.78 is 43.1. The molecule has 122 valence electrons. The number of alkyl halides is 3. The van der Waals surface area contributed by atoms with E-state index in [1.807, 2.05) is 0 Å². The van der Waals surface area contributed by atoms with Gasteiger partial charge in [0.15, 0.2) is 0 Å². The monoisotopic (exact) mass is 316 g/mol. The minimum absolute atomic E-state index is 0.290. The summed E-state index contributed by atoms with van der Waals surface area (Å²) in [5, 5.41) is 19.7. The van der Waals surface area contributed by atoms with Crippen molar-refractivity contribution >= 4 is 13.2 Å². The number of halogens is 3. The third kappa shape index (κ3) is 5.16. The van der Waals surface area contributed by atoms with Gasteiger partial charge in [-0.05, 0) is 45.4 Å². The molecule has 3 nitrogen and oxygen atoms in total. The van der Waals surface area contributed by atoms with Crippen molar-refractivity contribution in [3.8, 4) is 0 Å². The van der Waals surface area contributed by atoms with Crippen LogP contribution in [0.15, 0.2) is 30.2 Å². The maximum atomic E-state index is 12.6. The van der Waals surface area contributed by atoms with E-state index in [9.17, 15) is 23.3 Å². The summed E-state index contributed by atoms with van der Waals surface area (Å²) in [6.45, 7) is 6.29. The van der Waals surface area contributed by atoms with Crippen molar-refractivity contribution in [1.82, 2.24) is 0 Å². The van der Waals surface area contributed by atoms with E-state index < -0.39 is 30.1 Å². The molecule has 1 aromatic rings. The highest BCUT2D eigenvalue weighted by atomic mass is 19.4. The predicted molar refractivity (Wildman–Crippen MR) is 79.9 cm³/mol. The smallest absolute Gasteiger partial charge is 0.423 e. The molecule has 22 heavy (non-hydrogen) atoms. The maximum Gasteiger partial charge on any atom is 0.483 e. The lowest BCUT2D eigenvalue weighted by molar-refractivity contribution is -0.137. The lowest BCUT2D eigenvalue weighted by atomic mass is 9.82. The normalized spacial score (nSPS) is 13.7. The SMILES string of the molecule is CC(C)(O)C(C)(C)OB(O)/C=C/c1cccc(C(F)(F)F)c1. The molecule has 0 unspecified atom stereocenters. The zero-order valence-corrected chi connectivity index (χ0v) is 13.0. The van der Waals surface area contributed by atoms with Crippen LogP contribution in [0.1, 0.15) is 38.8 Å². The van der Waals surface area contributed by atoms with E-state index in [1.165, 1.54) is 38.0 Å². The van der Waals surface area contributed by atoms with Crippen LogP contribution in [-0.4, -0.2) is 28.5 Å². The Kier molecular flexibility index (Phi) is 5.49. The highest BCUT2D eigenvalue weighted by Gasteiger charge is 2.38. The molecule has 0 aromatic heterocycles. The molecule has 0 aliphatic rings. The first-order valence-electron chi connectivity index (χ1n) is 6.77. The summed E-state index contributed by atoms with van der Waals surface area (Å²) >= 11 is 0. The Labute approximate surface area is 128 Å². The fourth-order valence-corrected chi connectivity index (χ4v) is 1.50. The van der Waals surface area contributed by atoms with Crippen molar-refractivity contribution in [3.63, 3.8) is 0 Å². The van der Waals surface area contributed by atoms with E-state index in [1.54, 1.807) is 13.8 Å². The lowest BCUT2D eigenvalue weighted by Crippen LogP contribution is -2.50. The average Bonchev–Trinajstić information content (AvgIpc) is 2.34. The van der Waals surface area contributed by atoms with Crippen LogP contribution < -0.4 is 0 Å². The highest BCUT2D eigenvalue weighted by Crippen LogP contribution is 2.30. The van der Waals surface area contributed by atoms with Gasteiger partial charge in [0.2, 0.25) is 0 Å². The van der Waals surface area contributed by atoms with Crippen LogP contribution in [0.3, 0.4) is 0 Å². The molecule has 0 amide bonds. The Morgan fingerprint density at radius 1 is 1.14 bits per heavy atom. The maximum absolute atomic E-state index is 12.6. The van der Waals surface area contributed by atoms with E-state index in [4.69, 9.17) is 4.65 Å². The molecule has 0 atom stereocenters. The van der Waals surface area contributed by atoms with Gasteiger partial charge in [-0.3, -0.25) is 0 Å². The fourth-order valence-electron chi connectivity index (χ4n) is 1.50. The van der Waals surface area contributed by atoms with Crippen LogP contribution in [0.2, 0.25) is 0 Å². The summed E-state index contributed by atoms with van der Waals surface area (Å²) in [6.07, 6.45) is -3.08. The number of hydrogen-bond donors (Lipinski definition) is 2. The van der Waals surface area contributed by atoms with Gasteiger partial charge in [-0.1, -0.05) is 24.2 Å². The van der Waals surface area contributed by atoms with Crippen molar-refractivity contribution in [3.05, 3.63) is 41.4 Å². The van der Waals surface area contributed by atoms with E-state index in [0.717, 1.165) is 12.1 Å². The molecule has 0 fully saturated rings. The first-order valence-corrected chi connectivity index (χ1v) is 6.77. The number of benzene rings is 1. The van der Waals surface area contributed by atoms with Gasteiger partial charge >= 0.3 is 13.3 Å². The first-order chi connectivity index (χ1) is 9.83. The van der Waals surface area contributed by atoms with Crippen LogP contribution in [0.25, 0.3) is 6.08 Å². The van der Waals surface area contributed by atoms with Crippen LogP contribution in [0, 0.1) is 0 Å². The van der Waals surface area contributed by atoms with Gasteiger partial charge in [-0.2, -0.15) is 13.2 Å². The molecule has 0 saturated carbocycles. The number of aliphatic hydroxyl groups is 1. The molecular weight excluding hydrogens is 296 g/mol. The van der Waals surface area contributed by atoms with Gasteiger partial charge in [-0.15, -0.1) is 0 Å². The predicted octanol–water partition coefficient (Wildman–Crippen LogP) is 3.30. The molecule has 0 radical (unpaired) electrons. The fraction of sp³-hybridized carbons (Fsp3) is 0.467. The van der Waals surface area contributed by atoms with Crippen molar-refractivity contribution in [2.45, 2.75) is 45.1 Å². The summed E-state index contributed by atoms with van der Waals surface area (Å²) in [4.78, 5) is 0. The van der Waals surface area contributed by atoms with Crippen molar-refractivity contribution in [1.29, 1.82) is 0 Å². The van der Waals surface area contributed by atoms with Crippen LogP contribution >= 0.6 is 0 Å². The molecule has 0 heterocycles. The van der Waals surface area contributed by atoms with Gasteiger partial charge in [0.05, 0.1) is 16.8 Å². The summed E-state index contributed by atoms with van der Waals surface area (Å²) in [7, 11) is -1.35. The van der Waals surface area contributed by atoms with Crippen LogP contribution in [0.5, 0.6) is 0 Å². The van der Waals surface area contributed by atoms with Gasteiger partial charge in [0.25, 0.3) is 0 Å². The Morgan fingerprint density at radius 3 is 2.23 bits per heavy atom. The van der Waals surface area contributed by atoms with Gasteiger partial charge in [0.1, 0.15) is 0 Å². The molecule has 2 N–H and O–H groups in total. The van der Waals surface area contributed by atoms with Crippen LogP contribution in [-0.2, 0) is 10.8 Å². The average molecular weight is 316 g/mol. The van der Waals surface area contributed by atoms with E-state index in [2.05, 4.69) is 0 Å². The third-order valence-corrected chi connectivity index (χ3v) is 3.56. The van der Waals surface area contributed by atoms with Crippen LogP contribution in [0.4, 0.5) is 13.2 Å². The van der Waals surface area contributed by atoms with E-state index in [0.29, 0.717) is 5.56 Å². The number of rotatable bonds is 5. The molecule has 7 heteroatoms. The van der Waals surface area contributed by atoms with Crippen molar-refractivity contribution < 1.29 is 28.0 Å². The Balaban J connectivity index is 2.81. The van der Waals surface area contributed by atoms with Gasteiger partial charge < -0.3 is 14.8 Å². The second kappa shape index (κ2) is 6.44. The van der Waals surface area contributed by atoms with E-state index >= 15 is 0 Å². The molecular formula is C15H20BF3O3. The van der Waals surface area contributed by atoms with Gasteiger partial charge in [-0.25, -0.2) is 0 Å². The molecule has 0 bridgehead atoms. The topological polar surface area (TPSA) is 49.7 Å². The highest BCUT2D eigenvalue weighted by molar-refractivity contribution is 6.50. The Hall–Kier alpha value is -1.31. The summed E-state index contributed by atoms with van der Waals surface area (Å²) in [5.41, 5.74) is -2.71. The second-order valence-electron chi connectivity index (χ2n) is 6.06. The zero-order chi connectivity index (χ0) is 17.2. The van der Waals surface area contributed by atoms with E-state index in [-0.39, 0.29) is 0 Å². The Bertz CT molecular complexity index is 534. The minimum Gasteiger partial charge on any atom is -0.423 e. The molecule has 0 saturated heterocycles. The summed E-state index contributed by atoms with van der Waals surface area (Å²) in [5.74, 6) is 1.23. The quantitative estimate of drug-likeness (QED) is 0.820. The Morgan fingerprint density at radius 2 is 1.73 bits per heavy atom. The molecule has 0 aliphatic carbocycles. The first kappa shape index (κ1) is 18.7. The molecule has 0 spiro atoms. The van der Waals surface area contributed by atoms with Gasteiger partial charge in [0, 0.05) is 0 Å². The number of hydrogen-bond acceptors (Lipinski definition) is 3. The van der Waals surface area contributed by atoms with Crippen molar-refractivity contribution in [2.75, 3.05) is 0 Å². The van der Waals surface area contributed by atoms with Crippen molar-refractivity contribution in [2.24, 2.45) is 0 Å². The molecule has 0 aliphatic heterocycles. The molecule has 1 aromatic carbocycles. The molecule has 1 rings (SSSR count). The standard InChI is InChI=1S/C15H20BF3O3/c1-13(2,20)14(3,4)22-16(21)9-8-11-6-5-7-12(10-11)15(17,18)19/h5-10,20-21H,1-4H3/b9-8+. The third-order valence-electron chi connectivity index (χ3n) is 3.56. The summed E-state index contributed by atoms with van der Waals surface area (Å²) in [6, 6.07) is 4.72. The zero-order valence-electron chi connectivity index (χ0n) is 13.0.